The first-order valence-corrected chi connectivity index (χ1v) is 8.99. The Morgan fingerprint density at radius 1 is 1.32 bits per heavy atom. The van der Waals surface area contributed by atoms with Crippen molar-refractivity contribution in [3.8, 4) is 0 Å². The number of nitrogens with zero attached hydrogens (tertiary/aromatic N) is 4. The Morgan fingerprint density at radius 3 is 2.76 bits per heavy atom. The van der Waals surface area contributed by atoms with Crippen molar-refractivity contribution in [1.82, 2.24) is 19.9 Å². The molecule has 134 valence electrons. The van der Waals surface area contributed by atoms with E-state index in [2.05, 4.69) is 15.0 Å². The molecule has 3 heterocycles. The maximum Gasteiger partial charge on any atom is 0.240 e. The fourth-order valence-electron chi connectivity index (χ4n) is 3.40. The molecule has 0 radical (unpaired) electrons. The highest BCUT2D eigenvalue weighted by Crippen LogP contribution is 2.48. The number of carbonyl (C=O) groups is 1. The van der Waals surface area contributed by atoms with Crippen molar-refractivity contribution in [2.45, 2.75) is 38.6 Å². The zero-order valence-electron chi connectivity index (χ0n) is 14.7. The maximum absolute atomic E-state index is 12.6. The van der Waals surface area contributed by atoms with E-state index in [1.807, 2.05) is 30.9 Å². The van der Waals surface area contributed by atoms with Crippen LogP contribution in [0, 0.1) is 5.92 Å². The minimum Gasteiger partial charge on any atom is -0.469 e. The van der Waals surface area contributed by atoms with Gasteiger partial charge in [0.1, 0.15) is 5.76 Å². The molecule has 0 spiro atoms. The van der Waals surface area contributed by atoms with Gasteiger partial charge in [0.2, 0.25) is 11.8 Å². The first-order valence-electron chi connectivity index (χ1n) is 8.99. The highest BCUT2D eigenvalue weighted by Gasteiger charge is 2.47. The third-order valence-corrected chi connectivity index (χ3v) is 5.06. The molecule has 2 aliphatic rings. The number of amides is 1. The second-order valence-corrected chi connectivity index (χ2v) is 7.27. The number of furan rings is 1. The highest BCUT2D eigenvalue weighted by atomic mass is 16.5. The summed E-state index contributed by atoms with van der Waals surface area (Å²) in [5.41, 5.74) is 0. The minimum atomic E-state index is 0.0993. The van der Waals surface area contributed by atoms with Gasteiger partial charge < -0.3 is 13.8 Å². The van der Waals surface area contributed by atoms with Crippen LogP contribution in [0.2, 0.25) is 0 Å². The summed E-state index contributed by atoms with van der Waals surface area (Å²) in [6.45, 7) is 7.93. The molecule has 2 fully saturated rings. The van der Waals surface area contributed by atoms with Crippen LogP contribution < -0.4 is 0 Å². The molecule has 1 aliphatic heterocycles. The van der Waals surface area contributed by atoms with Crippen LogP contribution in [0.4, 0.5) is 0 Å². The summed E-state index contributed by atoms with van der Waals surface area (Å²) in [5.74, 6) is 3.25. The zero-order valence-corrected chi connectivity index (χ0v) is 14.7. The second kappa shape index (κ2) is 6.63. The van der Waals surface area contributed by atoms with Crippen LogP contribution in [0.25, 0.3) is 0 Å². The smallest absolute Gasteiger partial charge is 0.240 e. The third-order valence-electron chi connectivity index (χ3n) is 5.06. The molecule has 1 aliphatic carbocycles. The van der Waals surface area contributed by atoms with Gasteiger partial charge in [-0.05, 0) is 18.6 Å². The summed E-state index contributed by atoms with van der Waals surface area (Å²) in [6, 6.07) is 3.85. The average Bonchev–Trinajstić information content (AvgIpc) is 3.00. The van der Waals surface area contributed by atoms with Gasteiger partial charge in [-0.25, -0.2) is 0 Å². The molecule has 25 heavy (non-hydrogen) atoms. The molecule has 2 aromatic rings. The number of rotatable bonds is 5. The Balaban J connectivity index is 1.26. The first-order chi connectivity index (χ1) is 12.1. The Bertz CT molecular complexity index is 717. The van der Waals surface area contributed by atoms with Crippen molar-refractivity contribution in [3.05, 3.63) is 35.9 Å². The van der Waals surface area contributed by atoms with Gasteiger partial charge in [-0.15, -0.1) is 0 Å². The third kappa shape index (κ3) is 3.46. The van der Waals surface area contributed by atoms with Crippen molar-refractivity contribution >= 4 is 5.91 Å². The summed E-state index contributed by atoms with van der Waals surface area (Å²) in [4.78, 5) is 21.3. The van der Waals surface area contributed by atoms with Crippen molar-refractivity contribution in [2.24, 2.45) is 5.92 Å². The van der Waals surface area contributed by atoms with E-state index in [1.165, 1.54) is 0 Å². The summed E-state index contributed by atoms with van der Waals surface area (Å²) in [5, 5.41) is 4.00. The SMILES string of the molecule is CC(C)c1noc(CN2CCN(C(=O)[C@H]3C[C@@H]3c3ccco3)CC2)n1. The van der Waals surface area contributed by atoms with Gasteiger partial charge in [-0.3, -0.25) is 9.69 Å². The normalized spacial score (nSPS) is 24.0. The standard InChI is InChI=1S/C18H24N4O3/c1-12(2)17-19-16(25-20-17)11-21-5-7-22(8-6-21)18(23)14-10-13(14)15-4-3-9-24-15/h3-4,9,12-14H,5-8,10-11H2,1-2H3/t13-,14-/m0/s1. The van der Waals surface area contributed by atoms with Crippen LogP contribution in [0.15, 0.2) is 27.3 Å². The fourth-order valence-corrected chi connectivity index (χ4v) is 3.40. The van der Waals surface area contributed by atoms with Gasteiger partial charge in [0.15, 0.2) is 5.82 Å². The molecule has 1 amide bonds. The Labute approximate surface area is 147 Å². The maximum atomic E-state index is 12.6. The second-order valence-electron chi connectivity index (χ2n) is 7.27. The monoisotopic (exact) mass is 344 g/mol. The zero-order chi connectivity index (χ0) is 17.4. The molecule has 0 N–H and O–H groups in total. The molecule has 1 saturated heterocycles. The van der Waals surface area contributed by atoms with E-state index >= 15 is 0 Å². The predicted molar refractivity (Wildman–Crippen MR) is 89.8 cm³/mol. The molecule has 2 atom stereocenters. The van der Waals surface area contributed by atoms with Crippen molar-refractivity contribution in [1.29, 1.82) is 0 Å². The lowest BCUT2D eigenvalue weighted by molar-refractivity contribution is -0.134. The summed E-state index contributed by atoms with van der Waals surface area (Å²) < 4.78 is 10.7. The van der Waals surface area contributed by atoms with Crippen LogP contribution in [-0.2, 0) is 11.3 Å². The van der Waals surface area contributed by atoms with Crippen molar-refractivity contribution in [2.75, 3.05) is 26.2 Å². The number of hydrogen-bond donors (Lipinski definition) is 0. The molecule has 7 nitrogen and oxygen atoms in total. The van der Waals surface area contributed by atoms with Crippen LogP contribution in [-0.4, -0.2) is 52.0 Å². The van der Waals surface area contributed by atoms with E-state index in [-0.39, 0.29) is 23.7 Å². The fraction of sp³-hybridized carbons (Fsp3) is 0.611. The first kappa shape index (κ1) is 16.3. The lowest BCUT2D eigenvalue weighted by Gasteiger charge is -2.34. The molecule has 2 aromatic heterocycles. The molecule has 0 aromatic carbocycles. The van der Waals surface area contributed by atoms with E-state index in [1.54, 1.807) is 6.26 Å². The molecule has 1 saturated carbocycles. The molecule has 0 unspecified atom stereocenters. The van der Waals surface area contributed by atoms with Gasteiger partial charge in [0.05, 0.1) is 12.8 Å². The molecule has 0 bridgehead atoms. The van der Waals surface area contributed by atoms with Gasteiger partial charge in [0, 0.05) is 43.9 Å². The van der Waals surface area contributed by atoms with Crippen molar-refractivity contribution < 1.29 is 13.7 Å². The number of carbonyl (C=O) groups excluding carboxylic acids is 1. The van der Waals surface area contributed by atoms with Crippen LogP contribution in [0.3, 0.4) is 0 Å². The van der Waals surface area contributed by atoms with Gasteiger partial charge in [0.25, 0.3) is 0 Å². The topological polar surface area (TPSA) is 75.6 Å². The summed E-state index contributed by atoms with van der Waals surface area (Å²) in [6.07, 6.45) is 2.59. The Morgan fingerprint density at radius 2 is 2.12 bits per heavy atom. The highest BCUT2D eigenvalue weighted by molar-refractivity contribution is 5.83. The summed E-state index contributed by atoms with van der Waals surface area (Å²) >= 11 is 0. The lowest BCUT2D eigenvalue weighted by Crippen LogP contribution is -2.48. The van der Waals surface area contributed by atoms with Crippen LogP contribution >= 0.6 is 0 Å². The van der Waals surface area contributed by atoms with Crippen LogP contribution in [0.1, 0.15) is 49.6 Å². The average molecular weight is 344 g/mol. The minimum absolute atomic E-state index is 0.0993. The molecule has 7 heteroatoms. The largest absolute Gasteiger partial charge is 0.469 e. The van der Waals surface area contributed by atoms with E-state index in [0.29, 0.717) is 12.4 Å². The van der Waals surface area contributed by atoms with Gasteiger partial charge in [-0.2, -0.15) is 4.98 Å². The van der Waals surface area contributed by atoms with Gasteiger partial charge in [-0.1, -0.05) is 19.0 Å². The Kier molecular flexibility index (Phi) is 4.33. The van der Waals surface area contributed by atoms with E-state index < -0.39 is 0 Å². The van der Waals surface area contributed by atoms with Crippen molar-refractivity contribution in [3.63, 3.8) is 0 Å². The Hall–Kier alpha value is -2.15. The van der Waals surface area contributed by atoms with E-state index in [9.17, 15) is 4.79 Å². The lowest BCUT2D eigenvalue weighted by atomic mass is 10.2. The quantitative estimate of drug-likeness (QED) is 0.828. The summed E-state index contributed by atoms with van der Waals surface area (Å²) in [7, 11) is 0. The number of hydrogen-bond acceptors (Lipinski definition) is 6. The number of piperazine rings is 1. The van der Waals surface area contributed by atoms with E-state index in [4.69, 9.17) is 8.94 Å². The van der Waals surface area contributed by atoms with E-state index in [0.717, 1.165) is 44.2 Å². The molecular formula is C18H24N4O3. The van der Waals surface area contributed by atoms with Crippen LogP contribution in [0.5, 0.6) is 0 Å². The van der Waals surface area contributed by atoms with Gasteiger partial charge >= 0.3 is 0 Å². The molecule has 4 rings (SSSR count). The molecular weight excluding hydrogens is 320 g/mol. The predicted octanol–water partition coefficient (Wildman–Crippen LogP) is 2.23. The number of aromatic nitrogens is 2.